The van der Waals surface area contributed by atoms with Gasteiger partial charge >= 0.3 is 0 Å². The van der Waals surface area contributed by atoms with E-state index in [1.54, 1.807) is 12.1 Å². The largest absolute Gasteiger partial charge is 0.391 e. The van der Waals surface area contributed by atoms with E-state index in [9.17, 15) is 13.9 Å². The van der Waals surface area contributed by atoms with E-state index in [1.807, 2.05) is 11.0 Å². The summed E-state index contributed by atoms with van der Waals surface area (Å²) in [6, 6.07) is 8.76. The van der Waals surface area contributed by atoms with Gasteiger partial charge in [-0.15, -0.1) is 0 Å². The number of pyridine rings is 1. The molecule has 2 heterocycles. The second kappa shape index (κ2) is 5.70. The van der Waals surface area contributed by atoms with Crippen LogP contribution in [-0.2, 0) is 0 Å². The van der Waals surface area contributed by atoms with E-state index in [4.69, 9.17) is 5.26 Å². The molecule has 0 spiro atoms. The monoisotopic (exact) mass is 301 g/mol. The van der Waals surface area contributed by atoms with Crippen molar-refractivity contribution in [3.05, 3.63) is 59.3 Å². The molecule has 1 aliphatic heterocycles. The standard InChI is InChI=1S/C16H13F2N3O/c17-13-3-2-11(5-14(13)18)15-6-12(22)9-21(15)16-4-1-10(7-19)8-20-16/h1-5,8,12,15,22H,6,9H2/t12-,15-/m0/s1. The third-order valence-electron chi connectivity index (χ3n) is 3.78. The minimum Gasteiger partial charge on any atom is -0.391 e. The number of aliphatic hydroxyl groups is 1. The highest BCUT2D eigenvalue weighted by Gasteiger charge is 2.33. The third kappa shape index (κ3) is 2.63. The van der Waals surface area contributed by atoms with Crippen molar-refractivity contribution in [2.75, 3.05) is 11.4 Å². The van der Waals surface area contributed by atoms with Crippen molar-refractivity contribution in [2.24, 2.45) is 0 Å². The Balaban J connectivity index is 1.94. The molecule has 1 N–H and O–H groups in total. The lowest BCUT2D eigenvalue weighted by Gasteiger charge is -2.25. The predicted molar refractivity (Wildman–Crippen MR) is 76.0 cm³/mol. The molecular formula is C16H13F2N3O. The first-order valence-electron chi connectivity index (χ1n) is 6.84. The third-order valence-corrected chi connectivity index (χ3v) is 3.78. The lowest BCUT2D eigenvalue weighted by atomic mass is 10.0. The predicted octanol–water partition coefficient (Wildman–Crippen LogP) is 2.54. The van der Waals surface area contributed by atoms with Gasteiger partial charge in [0.15, 0.2) is 11.6 Å². The fraction of sp³-hybridized carbons (Fsp3) is 0.250. The average Bonchev–Trinajstić information content (AvgIpc) is 2.92. The van der Waals surface area contributed by atoms with Crippen LogP contribution in [0, 0.1) is 23.0 Å². The number of nitrogens with zero attached hydrogens (tertiary/aromatic N) is 3. The van der Waals surface area contributed by atoms with Crippen LogP contribution in [0.5, 0.6) is 0 Å². The number of aliphatic hydroxyl groups excluding tert-OH is 1. The molecular weight excluding hydrogens is 288 g/mol. The Bertz CT molecular complexity index is 727. The van der Waals surface area contributed by atoms with Crippen molar-refractivity contribution in [1.82, 2.24) is 4.98 Å². The highest BCUT2D eigenvalue weighted by molar-refractivity contribution is 5.46. The van der Waals surface area contributed by atoms with Crippen LogP contribution in [0.4, 0.5) is 14.6 Å². The van der Waals surface area contributed by atoms with Crippen molar-refractivity contribution in [2.45, 2.75) is 18.6 Å². The van der Waals surface area contributed by atoms with Gasteiger partial charge in [-0.25, -0.2) is 13.8 Å². The quantitative estimate of drug-likeness (QED) is 0.926. The molecule has 2 aromatic rings. The zero-order valence-corrected chi connectivity index (χ0v) is 11.6. The molecule has 2 atom stereocenters. The van der Waals surface area contributed by atoms with Crippen LogP contribution in [0.2, 0.25) is 0 Å². The Morgan fingerprint density at radius 1 is 1.23 bits per heavy atom. The van der Waals surface area contributed by atoms with Crippen LogP contribution in [0.1, 0.15) is 23.6 Å². The van der Waals surface area contributed by atoms with E-state index >= 15 is 0 Å². The maximum absolute atomic E-state index is 13.5. The summed E-state index contributed by atoms with van der Waals surface area (Å²) in [4.78, 5) is 6.04. The lowest BCUT2D eigenvalue weighted by molar-refractivity contribution is 0.194. The molecule has 0 saturated carbocycles. The summed E-state index contributed by atoms with van der Waals surface area (Å²) in [5.41, 5.74) is 1.02. The summed E-state index contributed by atoms with van der Waals surface area (Å²) in [5.74, 6) is -1.22. The number of halogens is 2. The molecule has 0 unspecified atom stereocenters. The number of anilines is 1. The minimum atomic E-state index is -0.911. The van der Waals surface area contributed by atoms with Crippen molar-refractivity contribution >= 4 is 5.82 Å². The Hall–Kier alpha value is -2.52. The number of nitriles is 1. The van der Waals surface area contributed by atoms with Crippen LogP contribution >= 0.6 is 0 Å². The minimum absolute atomic E-state index is 0.287. The number of hydrogen-bond acceptors (Lipinski definition) is 4. The van der Waals surface area contributed by atoms with E-state index in [0.29, 0.717) is 29.9 Å². The van der Waals surface area contributed by atoms with Gasteiger partial charge in [0.2, 0.25) is 0 Å². The topological polar surface area (TPSA) is 60.2 Å². The summed E-state index contributed by atoms with van der Waals surface area (Å²) in [6.07, 6.45) is 1.28. The molecule has 0 amide bonds. The molecule has 1 saturated heterocycles. The van der Waals surface area contributed by atoms with Crippen LogP contribution in [-0.4, -0.2) is 22.7 Å². The summed E-state index contributed by atoms with van der Waals surface area (Å²) >= 11 is 0. The van der Waals surface area contributed by atoms with Gasteiger partial charge in [0.1, 0.15) is 11.9 Å². The highest BCUT2D eigenvalue weighted by atomic mass is 19.2. The van der Waals surface area contributed by atoms with Gasteiger partial charge in [-0.1, -0.05) is 6.07 Å². The SMILES string of the molecule is N#Cc1ccc(N2C[C@@H](O)C[C@H]2c2ccc(F)c(F)c2)nc1. The fourth-order valence-electron chi connectivity index (χ4n) is 2.72. The maximum Gasteiger partial charge on any atom is 0.159 e. The molecule has 3 rings (SSSR count). The highest BCUT2D eigenvalue weighted by Crippen LogP contribution is 2.35. The Morgan fingerprint density at radius 2 is 2.05 bits per heavy atom. The first-order valence-corrected chi connectivity index (χ1v) is 6.84. The molecule has 6 heteroatoms. The van der Waals surface area contributed by atoms with E-state index in [0.717, 1.165) is 12.1 Å². The van der Waals surface area contributed by atoms with Crippen LogP contribution in [0.15, 0.2) is 36.5 Å². The van der Waals surface area contributed by atoms with Crippen molar-refractivity contribution in [3.63, 3.8) is 0 Å². The molecule has 0 aliphatic carbocycles. The number of hydrogen-bond donors (Lipinski definition) is 1. The zero-order valence-electron chi connectivity index (χ0n) is 11.6. The average molecular weight is 301 g/mol. The first-order chi connectivity index (χ1) is 10.6. The summed E-state index contributed by atoms with van der Waals surface area (Å²) in [5, 5.41) is 18.7. The molecule has 1 fully saturated rings. The van der Waals surface area contributed by atoms with Gasteiger partial charge < -0.3 is 10.0 Å². The smallest absolute Gasteiger partial charge is 0.159 e. The molecule has 1 aromatic heterocycles. The molecule has 0 bridgehead atoms. The molecule has 1 aliphatic rings. The molecule has 112 valence electrons. The van der Waals surface area contributed by atoms with Crippen LogP contribution < -0.4 is 4.90 Å². The molecule has 4 nitrogen and oxygen atoms in total. The Morgan fingerprint density at radius 3 is 2.68 bits per heavy atom. The van der Waals surface area contributed by atoms with Gasteiger partial charge in [0.25, 0.3) is 0 Å². The number of aromatic nitrogens is 1. The van der Waals surface area contributed by atoms with E-state index in [2.05, 4.69) is 4.98 Å². The molecule has 0 radical (unpaired) electrons. The summed E-state index contributed by atoms with van der Waals surface area (Å²) < 4.78 is 26.5. The maximum atomic E-state index is 13.5. The number of rotatable bonds is 2. The van der Waals surface area contributed by atoms with Crippen molar-refractivity contribution in [3.8, 4) is 6.07 Å². The lowest BCUT2D eigenvalue weighted by Crippen LogP contribution is -2.25. The van der Waals surface area contributed by atoms with E-state index in [-0.39, 0.29) is 6.04 Å². The number of β-amino-alcohol motifs (C(OH)–C–C–N with tert-alkyl or cyclic N) is 1. The Labute approximate surface area is 126 Å². The fourth-order valence-corrected chi connectivity index (χ4v) is 2.72. The summed E-state index contributed by atoms with van der Waals surface area (Å²) in [7, 11) is 0. The van der Waals surface area contributed by atoms with Crippen molar-refractivity contribution in [1.29, 1.82) is 5.26 Å². The normalized spacial score (nSPS) is 20.9. The second-order valence-corrected chi connectivity index (χ2v) is 5.25. The van der Waals surface area contributed by atoms with Crippen LogP contribution in [0.3, 0.4) is 0 Å². The van der Waals surface area contributed by atoms with Gasteiger partial charge in [-0.05, 0) is 36.2 Å². The van der Waals surface area contributed by atoms with Crippen LogP contribution in [0.25, 0.3) is 0 Å². The first kappa shape index (κ1) is 14.4. The van der Waals surface area contributed by atoms with Gasteiger partial charge in [-0.3, -0.25) is 0 Å². The van der Waals surface area contributed by atoms with Crippen molar-refractivity contribution < 1.29 is 13.9 Å². The second-order valence-electron chi connectivity index (χ2n) is 5.25. The number of benzene rings is 1. The summed E-state index contributed by atoms with van der Waals surface area (Å²) in [6.45, 7) is 0.350. The van der Waals surface area contributed by atoms with Gasteiger partial charge in [-0.2, -0.15) is 5.26 Å². The van der Waals surface area contributed by atoms with E-state index in [1.165, 1.54) is 12.3 Å². The Kier molecular flexibility index (Phi) is 3.73. The van der Waals surface area contributed by atoms with Gasteiger partial charge in [0.05, 0.1) is 17.7 Å². The molecule has 1 aromatic carbocycles. The zero-order chi connectivity index (χ0) is 15.7. The van der Waals surface area contributed by atoms with Gasteiger partial charge in [0, 0.05) is 12.7 Å². The van der Waals surface area contributed by atoms with E-state index < -0.39 is 17.7 Å². The molecule has 22 heavy (non-hydrogen) atoms.